The van der Waals surface area contributed by atoms with E-state index >= 15 is 0 Å². The summed E-state index contributed by atoms with van der Waals surface area (Å²) < 4.78 is 8.41. The van der Waals surface area contributed by atoms with Crippen molar-refractivity contribution in [1.29, 1.82) is 0 Å². The Labute approximate surface area is 185 Å². The summed E-state index contributed by atoms with van der Waals surface area (Å²) in [5.74, 6) is -0.743. The molecule has 0 aliphatic carbocycles. The predicted molar refractivity (Wildman–Crippen MR) is 119 cm³/mol. The fourth-order valence-corrected chi connectivity index (χ4v) is 4.12. The zero-order valence-electron chi connectivity index (χ0n) is 17.0. The monoisotopic (exact) mass is 456 g/mol. The van der Waals surface area contributed by atoms with Gasteiger partial charge in [0, 0.05) is 12.4 Å². The number of ether oxygens (including phenoxy) is 1. The smallest absolute Gasteiger partial charge is 0.329 e. The van der Waals surface area contributed by atoms with Crippen LogP contribution < -0.4 is 16.0 Å². The van der Waals surface area contributed by atoms with E-state index in [0.717, 1.165) is 27.1 Å². The van der Waals surface area contributed by atoms with Gasteiger partial charge in [-0.25, -0.2) is 9.78 Å². The molecule has 2 heterocycles. The molecule has 0 saturated heterocycles. The Bertz CT molecular complexity index is 1420. The fourth-order valence-electron chi connectivity index (χ4n) is 3.39. The number of aliphatic carboxylic acids is 1. The third-order valence-electron chi connectivity index (χ3n) is 4.87. The van der Waals surface area contributed by atoms with Crippen LogP contribution in [0.25, 0.3) is 21.9 Å². The molecule has 0 aliphatic rings. The van der Waals surface area contributed by atoms with E-state index in [1.165, 1.54) is 11.6 Å². The van der Waals surface area contributed by atoms with E-state index in [1.807, 2.05) is 36.4 Å². The summed E-state index contributed by atoms with van der Waals surface area (Å²) in [6.07, 6.45) is -1.04. The number of nitrogens with zero attached hydrogens (tertiary/aromatic N) is 3. The van der Waals surface area contributed by atoms with Gasteiger partial charge in [-0.1, -0.05) is 48.2 Å². The van der Waals surface area contributed by atoms with Gasteiger partial charge in [0.1, 0.15) is 18.5 Å². The Morgan fingerprint density at radius 2 is 1.97 bits per heavy atom. The van der Waals surface area contributed by atoms with Crippen molar-refractivity contribution in [2.24, 2.45) is 7.05 Å². The van der Waals surface area contributed by atoms with Gasteiger partial charge in [0.2, 0.25) is 0 Å². The number of aliphatic hydroxyl groups excluding tert-OH is 1. The van der Waals surface area contributed by atoms with Crippen LogP contribution in [0.3, 0.4) is 0 Å². The number of carbonyl (C=O) groups is 1. The molecule has 2 aromatic heterocycles. The zero-order chi connectivity index (χ0) is 22.8. The van der Waals surface area contributed by atoms with E-state index in [1.54, 1.807) is 6.07 Å². The lowest BCUT2D eigenvalue weighted by Crippen LogP contribution is -2.30. The van der Waals surface area contributed by atoms with Gasteiger partial charge >= 0.3 is 11.7 Å². The summed E-state index contributed by atoms with van der Waals surface area (Å²) in [5, 5.41) is 21.8. The molecule has 0 amide bonds. The number of H-pyrrole nitrogens is 1. The largest absolute Gasteiger partial charge is 0.490 e. The number of imidazole rings is 1. The van der Waals surface area contributed by atoms with Gasteiger partial charge in [-0.15, -0.1) is 0 Å². The molecule has 4 rings (SSSR count). The lowest BCUT2D eigenvalue weighted by molar-refractivity contribution is -0.133. The summed E-state index contributed by atoms with van der Waals surface area (Å²) >= 11 is 0.895. The van der Waals surface area contributed by atoms with E-state index in [0.29, 0.717) is 5.75 Å². The molecule has 166 valence electrons. The Kier molecular flexibility index (Phi) is 6.01. The van der Waals surface area contributed by atoms with Crippen LogP contribution in [0, 0.1) is 0 Å². The van der Waals surface area contributed by atoms with Crippen molar-refractivity contribution in [2.75, 3.05) is 12.4 Å². The maximum atomic E-state index is 12.5. The van der Waals surface area contributed by atoms with Gasteiger partial charge in [-0.05, 0) is 11.5 Å². The highest BCUT2D eigenvalue weighted by atomic mass is 32.2. The number of carboxylic acid groups (broad SMARTS) is 1. The summed E-state index contributed by atoms with van der Waals surface area (Å²) in [5.41, 5.74) is -1.13. The first-order chi connectivity index (χ1) is 15.3. The van der Waals surface area contributed by atoms with Crippen LogP contribution in [0.4, 0.5) is 0 Å². The van der Waals surface area contributed by atoms with Crippen molar-refractivity contribution < 1.29 is 19.7 Å². The molecule has 0 fully saturated rings. The third kappa shape index (κ3) is 4.25. The van der Waals surface area contributed by atoms with E-state index in [-0.39, 0.29) is 35.2 Å². The van der Waals surface area contributed by atoms with E-state index in [9.17, 15) is 19.5 Å². The number of thioether (sulfide) groups is 1. The van der Waals surface area contributed by atoms with Crippen LogP contribution in [0.15, 0.2) is 57.2 Å². The van der Waals surface area contributed by atoms with Crippen molar-refractivity contribution in [2.45, 2.75) is 17.8 Å². The number of benzene rings is 2. The molecule has 1 atom stereocenters. The van der Waals surface area contributed by atoms with Crippen LogP contribution >= 0.6 is 11.8 Å². The molecule has 0 unspecified atom stereocenters. The maximum absolute atomic E-state index is 12.5. The van der Waals surface area contributed by atoms with Crippen molar-refractivity contribution >= 4 is 39.7 Å². The Hall–Kier alpha value is -3.57. The normalized spacial score (nSPS) is 12.3. The number of aromatic nitrogens is 4. The van der Waals surface area contributed by atoms with Crippen LogP contribution in [0.2, 0.25) is 0 Å². The summed E-state index contributed by atoms with van der Waals surface area (Å²) in [6, 6.07) is 13.3. The van der Waals surface area contributed by atoms with Gasteiger partial charge < -0.3 is 19.5 Å². The highest BCUT2D eigenvalue weighted by Crippen LogP contribution is 2.26. The van der Waals surface area contributed by atoms with Crippen LogP contribution in [0.1, 0.15) is 0 Å². The summed E-state index contributed by atoms with van der Waals surface area (Å²) in [4.78, 5) is 41.9. The van der Waals surface area contributed by atoms with Gasteiger partial charge in [0.25, 0.3) is 5.56 Å². The Morgan fingerprint density at radius 3 is 2.75 bits per heavy atom. The SMILES string of the molecule is Cn1c(=O)[nH]c(=O)c2c1nc(SCC(=O)O)n2C[C@H](O)COc1cccc2ccccc12. The number of rotatable bonds is 8. The second-order valence-electron chi connectivity index (χ2n) is 7.12. The lowest BCUT2D eigenvalue weighted by atomic mass is 10.1. The Morgan fingerprint density at radius 1 is 1.22 bits per heavy atom. The topological polar surface area (TPSA) is 139 Å². The maximum Gasteiger partial charge on any atom is 0.329 e. The average molecular weight is 456 g/mol. The summed E-state index contributed by atoms with van der Waals surface area (Å²) in [7, 11) is 1.45. The number of hydrogen-bond donors (Lipinski definition) is 3. The van der Waals surface area contributed by atoms with Crippen LogP contribution in [-0.2, 0) is 18.4 Å². The molecule has 10 nitrogen and oxygen atoms in total. The zero-order valence-corrected chi connectivity index (χ0v) is 17.8. The predicted octanol–water partition coefficient (Wildman–Crippen LogP) is 1.19. The van der Waals surface area contributed by atoms with Gasteiger partial charge in [0.15, 0.2) is 16.3 Å². The second kappa shape index (κ2) is 8.89. The van der Waals surface area contributed by atoms with Gasteiger partial charge in [0.05, 0.1) is 12.3 Å². The molecule has 3 N–H and O–H groups in total. The van der Waals surface area contributed by atoms with E-state index in [4.69, 9.17) is 9.84 Å². The van der Waals surface area contributed by atoms with Crippen LogP contribution in [0.5, 0.6) is 5.75 Å². The van der Waals surface area contributed by atoms with Crippen molar-refractivity contribution in [3.8, 4) is 5.75 Å². The Balaban J connectivity index is 1.62. The highest BCUT2D eigenvalue weighted by molar-refractivity contribution is 7.99. The molecule has 0 aliphatic heterocycles. The number of aromatic amines is 1. The van der Waals surface area contributed by atoms with Gasteiger partial charge in [-0.3, -0.25) is 19.1 Å². The molecule has 0 spiro atoms. The molecule has 32 heavy (non-hydrogen) atoms. The van der Waals surface area contributed by atoms with E-state index in [2.05, 4.69) is 9.97 Å². The number of carboxylic acids is 1. The number of aryl methyl sites for hydroxylation is 1. The summed E-state index contributed by atoms with van der Waals surface area (Å²) in [6.45, 7) is -0.148. The molecular formula is C21H20N4O6S. The standard InChI is InChI=1S/C21H20N4O6S/c1-24-18-17(19(29)23-20(24)30)25(21(22-18)32-11-16(27)28)9-13(26)10-31-15-8-4-6-12-5-2-3-7-14(12)15/h2-8,13,26H,9-11H2,1H3,(H,27,28)(H,23,29,30)/t13-/m0/s1. The number of aliphatic hydroxyl groups is 1. The molecule has 0 saturated carbocycles. The quantitative estimate of drug-likeness (QED) is 0.336. The number of nitrogens with one attached hydrogen (secondary N) is 1. The van der Waals surface area contributed by atoms with Crippen LogP contribution in [-0.4, -0.2) is 53.7 Å². The minimum absolute atomic E-state index is 0.0691. The minimum atomic E-state index is -1.06. The highest BCUT2D eigenvalue weighted by Gasteiger charge is 2.21. The van der Waals surface area contributed by atoms with Crippen molar-refractivity contribution in [3.63, 3.8) is 0 Å². The number of fused-ring (bicyclic) bond motifs is 2. The second-order valence-corrected chi connectivity index (χ2v) is 8.06. The first-order valence-electron chi connectivity index (χ1n) is 9.68. The molecule has 11 heteroatoms. The third-order valence-corrected chi connectivity index (χ3v) is 5.83. The minimum Gasteiger partial charge on any atom is -0.490 e. The molecule has 0 bridgehead atoms. The lowest BCUT2D eigenvalue weighted by Gasteiger charge is -2.16. The average Bonchev–Trinajstić information content (AvgIpc) is 3.13. The molecule has 4 aromatic rings. The fraction of sp³-hybridized carbons (Fsp3) is 0.238. The molecule has 2 aromatic carbocycles. The van der Waals surface area contributed by atoms with E-state index < -0.39 is 23.3 Å². The molecular weight excluding hydrogens is 436 g/mol. The van der Waals surface area contributed by atoms with Gasteiger partial charge in [-0.2, -0.15) is 0 Å². The first kappa shape index (κ1) is 21.7. The first-order valence-corrected chi connectivity index (χ1v) is 10.7. The van der Waals surface area contributed by atoms with Crippen molar-refractivity contribution in [1.82, 2.24) is 19.1 Å². The number of hydrogen-bond acceptors (Lipinski definition) is 7. The van der Waals surface area contributed by atoms with Crippen molar-refractivity contribution in [3.05, 3.63) is 63.3 Å². The molecule has 0 radical (unpaired) electrons.